The van der Waals surface area contributed by atoms with Crippen molar-refractivity contribution in [3.63, 3.8) is 0 Å². The Morgan fingerprint density at radius 2 is 2.35 bits per heavy atom. The highest BCUT2D eigenvalue weighted by molar-refractivity contribution is 7.18. The summed E-state index contributed by atoms with van der Waals surface area (Å²) in [6, 6.07) is 1.49. The van der Waals surface area contributed by atoms with Gasteiger partial charge in [-0.15, -0.1) is 11.3 Å². The Balaban J connectivity index is 1.58. The monoisotopic (exact) mass is 331 g/mol. The second-order valence-corrected chi connectivity index (χ2v) is 6.54. The minimum atomic E-state index is -0.637. The normalized spacial score (nSPS) is 13.4. The van der Waals surface area contributed by atoms with Crippen molar-refractivity contribution in [3.05, 3.63) is 44.1 Å². The Morgan fingerprint density at radius 1 is 1.48 bits per heavy atom. The number of hydrogen-bond donors (Lipinski definition) is 1. The first-order chi connectivity index (χ1) is 11.1. The van der Waals surface area contributed by atoms with Gasteiger partial charge in [0.05, 0.1) is 11.1 Å². The predicted octanol–water partition coefficient (Wildman–Crippen LogP) is 2.13. The van der Waals surface area contributed by atoms with E-state index in [4.69, 9.17) is 9.26 Å². The molecule has 0 amide bonds. The highest BCUT2D eigenvalue weighted by Crippen LogP contribution is 2.34. The molecule has 118 valence electrons. The first-order valence-electron chi connectivity index (χ1n) is 7.25. The van der Waals surface area contributed by atoms with Crippen LogP contribution in [0.3, 0.4) is 0 Å². The average molecular weight is 331 g/mol. The van der Waals surface area contributed by atoms with Gasteiger partial charge in [-0.25, -0.2) is 9.78 Å². The van der Waals surface area contributed by atoms with Crippen LogP contribution in [-0.2, 0) is 24.2 Å². The summed E-state index contributed by atoms with van der Waals surface area (Å²) in [4.78, 5) is 33.2. The van der Waals surface area contributed by atoms with Crippen molar-refractivity contribution < 1.29 is 14.1 Å². The molecule has 3 aromatic heterocycles. The third kappa shape index (κ3) is 2.44. The quantitative estimate of drug-likeness (QED) is 0.738. The van der Waals surface area contributed by atoms with Crippen molar-refractivity contribution in [2.24, 2.45) is 0 Å². The fraction of sp³-hybridized carbons (Fsp3) is 0.333. The van der Waals surface area contributed by atoms with Crippen LogP contribution in [0, 0.1) is 6.92 Å². The van der Waals surface area contributed by atoms with Gasteiger partial charge in [0.1, 0.15) is 17.3 Å². The fourth-order valence-electron chi connectivity index (χ4n) is 2.78. The van der Waals surface area contributed by atoms with Gasteiger partial charge in [0.2, 0.25) is 5.76 Å². The number of ether oxygens (including phenoxy) is 1. The molecular formula is C15H13N3O4S. The molecule has 1 aliphatic rings. The van der Waals surface area contributed by atoms with Gasteiger partial charge in [-0.1, -0.05) is 5.16 Å². The van der Waals surface area contributed by atoms with Crippen molar-refractivity contribution in [2.75, 3.05) is 0 Å². The summed E-state index contributed by atoms with van der Waals surface area (Å²) in [5, 5.41) is 4.31. The maximum Gasteiger partial charge on any atom is 0.377 e. The Hall–Kier alpha value is -2.48. The van der Waals surface area contributed by atoms with Crippen LogP contribution in [0.15, 0.2) is 15.4 Å². The Bertz CT molecular complexity index is 969. The van der Waals surface area contributed by atoms with E-state index in [2.05, 4.69) is 15.1 Å². The van der Waals surface area contributed by atoms with E-state index in [1.54, 1.807) is 18.3 Å². The number of aromatic amines is 1. The van der Waals surface area contributed by atoms with Crippen molar-refractivity contribution in [1.82, 2.24) is 15.1 Å². The summed E-state index contributed by atoms with van der Waals surface area (Å²) in [5.41, 5.74) is 1.55. The van der Waals surface area contributed by atoms with Crippen LogP contribution >= 0.6 is 11.3 Å². The van der Waals surface area contributed by atoms with Crippen molar-refractivity contribution in [1.29, 1.82) is 0 Å². The van der Waals surface area contributed by atoms with Gasteiger partial charge in [-0.05, 0) is 31.7 Å². The number of carbonyl (C=O) groups is 1. The molecule has 0 saturated carbocycles. The molecule has 0 aromatic carbocycles. The maximum absolute atomic E-state index is 12.3. The summed E-state index contributed by atoms with van der Waals surface area (Å²) < 4.78 is 9.94. The van der Waals surface area contributed by atoms with Crippen LogP contribution in [0.2, 0.25) is 0 Å². The smallest absolute Gasteiger partial charge is 0.377 e. The van der Waals surface area contributed by atoms with E-state index in [9.17, 15) is 9.59 Å². The van der Waals surface area contributed by atoms with Crippen LogP contribution in [0.4, 0.5) is 0 Å². The van der Waals surface area contributed by atoms with Crippen LogP contribution in [-0.4, -0.2) is 21.1 Å². The lowest BCUT2D eigenvalue weighted by molar-refractivity contribution is 0.0415. The maximum atomic E-state index is 12.3. The molecule has 8 heteroatoms. The molecule has 0 spiro atoms. The van der Waals surface area contributed by atoms with Crippen molar-refractivity contribution in [3.8, 4) is 0 Å². The molecule has 0 atom stereocenters. The highest BCUT2D eigenvalue weighted by Gasteiger charge is 2.21. The molecule has 3 aromatic rings. The number of aryl methyl sites for hydroxylation is 3. The number of rotatable bonds is 3. The average Bonchev–Trinajstić information content (AvgIpc) is 3.19. The molecule has 0 fully saturated rings. The SMILES string of the molecule is Cc1cc(C(=O)OCc2nc3sc4c(c3c(=O)[nH]2)CCC4)on1. The van der Waals surface area contributed by atoms with Crippen molar-refractivity contribution >= 4 is 27.5 Å². The number of nitrogens with one attached hydrogen (secondary N) is 1. The fourth-order valence-corrected chi connectivity index (χ4v) is 4.06. The van der Waals surface area contributed by atoms with E-state index in [1.165, 1.54) is 10.9 Å². The Labute approximate surface area is 134 Å². The molecule has 0 saturated heterocycles. The first kappa shape index (κ1) is 14.1. The zero-order valence-electron chi connectivity index (χ0n) is 12.3. The molecule has 7 nitrogen and oxygen atoms in total. The molecular weight excluding hydrogens is 318 g/mol. The standard InChI is InChI=1S/C15H13N3O4S/c1-7-5-9(22-18-7)15(20)21-6-11-16-13(19)12-8-3-2-4-10(8)23-14(12)17-11/h5H,2-4,6H2,1H3,(H,16,17,19). The number of hydrogen-bond acceptors (Lipinski definition) is 7. The summed E-state index contributed by atoms with van der Waals surface area (Å²) in [7, 11) is 0. The third-order valence-electron chi connectivity index (χ3n) is 3.79. The zero-order chi connectivity index (χ0) is 16.0. The van der Waals surface area contributed by atoms with Gasteiger partial charge in [0, 0.05) is 10.9 Å². The molecule has 1 aliphatic carbocycles. The Morgan fingerprint density at radius 3 is 3.13 bits per heavy atom. The molecule has 0 bridgehead atoms. The summed E-state index contributed by atoms with van der Waals surface area (Å²) in [5.74, 6) is -0.282. The first-order valence-corrected chi connectivity index (χ1v) is 8.07. The minimum absolute atomic E-state index is 0.0287. The third-order valence-corrected chi connectivity index (χ3v) is 4.98. The Kier molecular flexibility index (Phi) is 3.26. The second-order valence-electron chi connectivity index (χ2n) is 5.46. The van der Waals surface area contributed by atoms with Crippen molar-refractivity contribution in [2.45, 2.75) is 32.8 Å². The van der Waals surface area contributed by atoms with Gasteiger partial charge >= 0.3 is 5.97 Å². The van der Waals surface area contributed by atoms with Gasteiger partial charge < -0.3 is 14.2 Å². The van der Waals surface area contributed by atoms with E-state index in [1.807, 2.05) is 0 Å². The van der Waals surface area contributed by atoms with E-state index in [0.717, 1.165) is 24.8 Å². The molecule has 0 radical (unpaired) electrons. The van der Waals surface area contributed by atoms with Gasteiger partial charge in [-0.2, -0.15) is 0 Å². The number of nitrogens with zero attached hydrogens (tertiary/aromatic N) is 2. The lowest BCUT2D eigenvalue weighted by atomic mass is 10.2. The van der Waals surface area contributed by atoms with Gasteiger partial charge in [0.25, 0.3) is 5.56 Å². The number of esters is 1. The molecule has 0 aliphatic heterocycles. The largest absolute Gasteiger partial charge is 0.452 e. The molecule has 23 heavy (non-hydrogen) atoms. The lowest BCUT2D eigenvalue weighted by Crippen LogP contribution is -2.14. The lowest BCUT2D eigenvalue weighted by Gasteiger charge is -2.02. The molecule has 3 heterocycles. The van der Waals surface area contributed by atoms with E-state index >= 15 is 0 Å². The molecule has 4 rings (SSSR count). The number of fused-ring (bicyclic) bond motifs is 3. The van der Waals surface area contributed by atoms with Crippen LogP contribution in [0.5, 0.6) is 0 Å². The number of H-pyrrole nitrogens is 1. The van der Waals surface area contributed by atoms with Gasteiger partial charge in [0.15, 0.2) is 0 Å². The molecule has 0 unspecified atom stereocenters. The number of thiophene rings is 1. The summed E-state index contributed by atoms with van der Waals surface area (Å²) in [6.45, 7) is 1.59. The zero-order valence-corrected chi connectivity index (χ0v) is 13.2. The summed E-state index contributed by atoms with van der Waals surface area (Å²) >= 11 is 1.55. The highest BCUT2D eigenvalue weighted by atomic mass is 32.1. The number of carbonyl (C=O) groups excluding carboxylic acids is 1. The topological polar surface area (TPSA) is 98.1 Å². The van der Waals surface area contributed by atoms with Crippen LogP contribution < -0.4 is 5.56 Å². The van der Waals surface area contributed by atoms with Gasteiger partial charge in [-0.3, -0.25) is 4.79 Å². The van der Waals surface area contributed by atoms with E-state index in [-0.39, 0.29) is 17.9 Å². The number of aromatic nitrogens is 3. The predicted molar refractivity (Wildman–Crippen MR) is 82.6 cm³/mol. The summed E-state index contributed by atoms with van der Waals surface area (Å²) in [6.07, 6.45) is 3.02. The molecule has 1 N–H and O–H groups in total. The van der Waals surface area contributed by atoms with E-state index in [0.29, 0.717) is 21.7 Å². The second kappa shape index (κ2) is 5.31. The van der Waals surface area contributed by atoms with Crippen LogP contribution in [0.1, 0.15) is 38.9 Å². The minimum Gasteiger partial charge on any atom is -0.452 e. The van der Waals surface area contributed by atoms with E-state index < -0.39 is 5.97 Å². The van der Waals surface area contributed by atoms with Crippen LogP contribution in [0.25, 0.3) is 10.2 Å².